The van der Waals surface area contributed by atoms with Crippen molar-refractivity contribution in [3.8, 4) is 0 Å². The average Bonchev–Trinajstić information content (AvgIpc) is 2.09. The van der Waals surface area contributed by atoms with Gasteiger partial charge in [-0.15, -0.1) is 0 Å². The van der Waals surface area contributed by atoms with Crippen molar-refractivity contribution >= 4 is 0 Å². The van der Waals surface area contributed by atoms with Crippen LogP contribution in [0.4, 0.5) is 0 Å². The molecule has 0 aromatic rings. The molecule has 0 N–H and O–H groups in total. The molecular formula is C8H20ClNO3. The fourth-order valence-corrected chi connectivity index (χ4v) is 1.34. The van der Waals surface area contributed by atoms with Gasteiger partial charge in [-0.3, -0.25) is 0 Å². The van der Waals surface area contributed by atoms with Gasteiger partial charge in [-0.2, -0.15) is 0 Å². The number of rotatable bonds is 4. The van der Waals surface area contributed by atoms with Crippen LogP contribution in [0, 0.1) is 10.8 Å². The van der Waals surface area contributed by atoms with Gasteiger partial charge in [-0.25, -0.2) is 0 Å². The Labute approximate surface area is 83.8 Å². The zero-order chi connectivity index (χ0) is 10.9. The number of hydrogen-bond donors (Lipinski definition) is 0. The van der Waals surface area contributed by atoms with E-state index in [1.807, 2.05) is 0 Å². The lowest BCUT2D eigenvalue weighted by Crippen LogP contribution is -2.47. The van der Waals surface area contributed by atoms with Gasteiger partial charge in [-0.05, 0) is 27.7 Å². The summed E-state index contributed by atoms with van der Waals surface area (Å²) < 4.78 is 26.5. The second-order valence-corrected chi connectivity index (χ2v) is 3.17. The molecule has 0 amide bonds. The van der Waals surface area contributed by atoms with E-state index in [9.17, 15) is 0 Å². The van der Waals surface area contributed by atoms with E-state index >= 15 is 0 Å². The maximum atomic E-state index is 8.41. The summed E-state index contributed by atoms with van der Waals surface area (Å²) >= 11 is 0. The molecule has 0 aromatic heterocycles. The molecule has 0 saturated heterocycles. The molecule has 0 aromatic carbocycles. The highest BCUT2D eigenvalue weighted by Gasteiger charge is 2.16. The molecule has 0 saturated carbocycles. The Hall–Kier alpha value is 0.130. The predicted molar refractivity (Wildman–Crippen MR) is 42.4 cm³/mol. The molecule has 0 aliphatic carbocycles. The Morgan fingerprint density at radius 2 is 0.923 bits per heavy atom. The smallest absolute Gasteiger partial charge is 0.0757 e. The summed E-state index contributed by atoms with van der Waals surface area (Å²) in [7, 11) is -2.85. The molecular weight excluding hydrogens is 194 g/mol. The molecule has 4 nitrogen and oxygen atoms in total. The topological polar surface area (TPSA) is 69.2 Å². The molecule has 0 bridgehead atoms. The van der Waals surface area contributed by atoms with Crippen molar-refractivity contribution in [1.29, 1.82) is 0 Å². The molecule has 0 heterocycles. The highest BCUT2D eigenvalue weighted by molar-refractivity contribution is 4.31. The molecule has 0 radical (unpaired) electrons. The number of quaternary nitrogens is 1. The van der Waals surface area contributed by atoms with Crippen LogP contribution in [0.3, 0.4) is 0 Å². The minimum absolute atomic E-state index is 1.28. The largest absolute Gasteiger partial charge is 0.357 e. The van der Waals surface area contributed by atoms with Gasteiger partial charge in [0.15, 0.2) is 0 Å². The van der Waals surface area contributed by atoms with Crippen LogP contribution < -0.4 is 14.0 Å². The zero-order valence-corrected chi connectivity index (χ0v) is 9.63. The number of nitrogens with zero attached hydrogens (tertiary/aromatic N) is 1. The van der Waals surface area contributed by atoms with Crippen molar-refractivity contribution in [2.45, 2.75) is 27.7 Å². The van der Waals surface area contributed by atoms with Gasteiger partial charge < -0.3 is 18.5 Å². The van der Waals surface area contributed by atoms with Gasteiger partial charge in [0, 0.05) is 0 Å². The normalized spacial score (nSPS) is 11.1. The fourth-order valence-electron chi connectivity index (χ4n) is 1.34. The summed E-state index contributed by atoms with van der Waals surface area (Å²) in [4.78, 5) is 0. The first-order chi connectivity index (χ1) is 5.97. The van der Waals surface area contributed by atoms with E-state index < -0.39 is 10.8 Å². The third-order valence-electron chi connectivity index (χ3n) is 2.68. The van der Waals surface area contributed by atoms with Crippen LogP contribution in [0.1, 0.15) is 27.7 Å². The van der Waals surface area contributed by atoms with E-state index in [4.69, 9.17) is 14.0 Å². The average molecular weight is 214 g/mol. The second-order valence-electron chi connectivity index (χ2n) is 2.80. The summed E-state index contributed by atoms with van der Waals surface area (Å²) in [6.45, 7) is 14.2. The van der Waals surface area contributed by atoms with Crippen molar-refractivity contribution < 1.29 is 29.2 Å². The van der Waals surface area contributed by atoms with Gasteiger partial charge in [0.2, 0.25) is 0 Å². The molecule has 0 spiro atoms. The summed E-state index contributed by atoms with van der Waals surface area (Å²) in [5, 5.41) is 0. The van der Waals surface area contributed by atoms with E-state index in [-0.39, 0.29) is 0 Å². The highest BCUT2D eigenvalue weighted by atomic mass is 35.6. The van der Waals surface area contributed by atoms with Gasteiger partial charge in [0.1, 0.15) is 0 Å². The van der Waals surface area contributed by atoms with Crippen LogP contribution in [-0.4, -0.2) is 30.7 Å². The molecule has 0 atom stereocenters. The van der Waals surface area contributed by atoms with Crippen LogP contribution in [0.2, 0.25) is 0 Å². The van der Waals surface area contributed by atoms with Gasteiger partial charge in [0.25, 0.3) is 0 Å². The van der Waals surface area contributed by atoms with Crippen LogP contribution in [0.15, 0.2) is 0 Å². The first kappa shape index (κ1) is 15.6. The summed E-state index contributed by atoms with van der Waals surface area (Å²) in [5.41, 5.74) is 0. The van der Waals surface area contributed by atoms with Gasteiger partial charge in [0.05, 0.1) is 37.0 Å². The van der Waals surface area contributed by atoms with Crippen LogP contribution >= 0.6 is 0 Å². The maximum absolute atomic E-state index is 8.41. The molecule has 82 valence electrons. The van der Waals surface area contributed by atoms with Crippen molar-refractivity contribution in [3.05, 3.63) is 0 Å². The van der Waals surface area contributed by atoms with Crippen molar-refractivity contribution in [2.75, 3.05) is 26.2 Å². The Kier molecular flexibility index (Phi) is 10.5. The minimum atomic E-state index is -2.85. The lowest BCUT2D eigenvalue weighted by molar-refractivity contribution is -1.73. The third kappa shape index (κ3) is 8.46. The van der Waals surface area contributed by atoms with Gasteiger partial charge in [-0.1, -0.05) is 0 Å². The first-order valence-corrected chi connectivity index (χ1v) is 5.48. The van der Waals surface area contributed by atoms with Gasteiger partial charge >= 0.3 is 0 Å². The fraction of sp³-hybridized carbons (Fsp3) is 1.00. The summed E-state index contributed by atoms with van der Waals surface area (Å²) in [6.07, 6.45) is 0. The zero-order valence-electron chi connectivity index (χ0n) is 8.88. The Balaban J connectivity index is 0. The second kappa shape index (κ2) is 8.72. The lowest BCUT2D eigenvalue weighted by atomic mass is 10.3. The highest BCUT2D eigenvalue weighted by Crippen LogP contribution is 2.03. The van der Waals surface area contributed by atoms with E-state index in [1.54, 1.807) is 0 Å². The van der Waals surface area contributed by atoms with Crippen molar-refractivity contribution in [2.24, 2.45) is 0 Å². The Morgan fingerprint density at radius 1 is 0.769 bits per heavy atom. The molecule has 0 aliphatic rings. The van der Waals surface area contributed by atoms with Crippen molar-refractivity contribution in [1.82, 2.24) is 0 Å². The maximum Gasteiger partial charge on any atom is 0.0757 e. The minimum Gasteiger partial charge on any atom is -0.357 e. The Bertz CT molecular complexity index is 87.3. The number of hydrogen-bond acceptors (Lipinski definition) is 3. The molecule has 0 aliphatic heterocycles. The van der Waals surface area contributed by atoms with E-state index in [0.29, 0.717) is 0 Å². The molecule has 13 heavy (non-hydrogen) atoms. The third-order valence-corrected chi connectivity index (χ3v) is 2.68. The first-order valence-electron chi connectivity index (χ1n) is 4.56. The van der Waals surface area contributed by atoms with E-state index in [1.165, 1.54) is 30.7 Å². The SMILES string of the molecule is CC[N+](CC)(CC)CC.[O-][Cl+2]([O-])[O-]. The monoisotopic (exact) mass is 213 g/mol. The van der Waals surface area contributed by atoms with E-state index in [2.05, 4.69) is 27.7 Å². The standard InChI is InChI=1S/C8H20N.ClO3/c1-5-9(6-2,7-3)8-4;2-1(3)4/h5-8H2,1-4H3;/q+1;-1. The van der Waals surface area contributed by atoms with Crippen molar-refractivity contribution in [3.63, 3.8) is 0 Å². The lowest BCUT2D eigenvalue weighted by Gasteiger charge is -2.34. The quantitative estimate of drug-likeness (QED) is 0.524. The molecule has 0 rings (SSSR count). The van der Waals surface area contributed by atoms with Crippen LogP contribution in [-0.2, 0) is 0 Å². The number of halogens is 1. The van der Waals surface area contributed by atoms with Crippen LogP contribution in [0.5, 0.6) is 0 Å². The molecule has 0 unspecified atom stereocenters. The predicted octanol–water partition coefficient (Wildman–Crippen LogP) is -1.68. The molecule has 5 heteroatoms. The molecule has 0 fully saturated rings. The van der Waals surface area contributed by atoms with E-state index in [0.717, 1.165) is 0 Å². The van der Waals surface area contributed by atoms with Crippen LogP contribution in [0.25, 0.3) is 0 Å². The Morgan fingerprint density at radius 3 is 0.923 bits per heavy atom. The summed E-state index contributed by atoms with van der Waals surface area (Å²) in [5.74, 6) is 0. The summed E-state index contributed by atoms with van der Waals surface area (Å²) in [6, 6.07) is 0.